The molecule has 1 aromatic carbocycles. The normalized spacial score (nSPS) is 19.0. The van der Waals surface area contributed by atoms with Crippen LogP contribution in [0.15, 0.2) is 30.5 Å². The highest BCUT2D eigenvalue weighted by atomic mass is 16.5. The van der Waals surface area contributed by atoms with Crippen LogP contribution in [0.4, 0.5) is 0 Å². The lowest BCUT2D eigenvalue weighted by atomic mass is 10.1. The van der Waals surface area contributed by atoms with Crippen molar-refractivity contribution >= 4 is 0 Å². The topological polar surface area (TPSA) is 62.4 Å². The van der Waals surface area contributed by atoms with Gasteiger partial charge in [-0.2, -0.15) is 5.10 Å². The monoisotopic (exact) mass is 316 g/mol. The van der Waals surface area contributed by atoms with E-state index in [1.54, 1.807) is 7.11 Å². The predicted octanol–water partition coefficient (Wildman–Crippen LogP) is 1.51. The molecular weight excluding hydrogens is 292 g/mol. The number of nitrogens with zero attached hydrogens (tertiary/aromatic N) is 2. The largest absolute Gasteiger partial charge is 0.497 e. The Morgan fingerprint density at radius 2 is 2.22 bits per heavy atom. The molecule has 0 bridgehead atoms. The Morgan fingerprint density at radius 3 is 2.96 bits per heavy atom. The summed E-state index contributed by atoms with van der Waals surface area (Å²) in [6, 6.07) is 7.99. The summed E-state index contributed by atoms with van der Waals surface area (Å²) in [4.78, 5) is 2.30. The number of aromatic nitrogens is 2. The number of methoxy groups -OCH3 is 1. The molecule has 2 aromatic rings. The molecule has 1 aliphatic rings. The number of hydrogen-bond acceptors (Lipinski definition) is 5. The Kier molecular flexibility index (Phi) is 5.27. The van der Waals surface area contributed by atoms with E-state index in [1.807, 2.05) is 30.5 Å². The molecule has 23 heavy (non-hydrogen) atoms. The zero-order valence-corrected chi connectivity index (χ0v) is 13.7. The van der Waals surface area contributed by atoms with Gasteiger partial charge in [0.05, 0.1) is 31.7 Å². The van der Waals surface area contributed by atoms with Crippen LogP contribution in [-0.2, 0) is 11.3 Å². The number of likely N-dealkylation sites (N-methyl/N-ethyl adjacent to an activating group) is 1. The molecule has 1 fully saturated rings. The summed E-state index contributed by atoms with van der Waals surface area (Å²) in [5, 5.41) is 10.7. The quantitative estimate of drug-likeness (QED) is 0.846. The van der Waals surface area contributed by atoms with Crippen molar-refractivity contribution in [3.8, 4) is 17.0 Å². The molecule has 1 atom stereocenters. The molecule has 2 heterocycles. The third kappa shape index (κ3) is 4.10. The highest BCUT2D eigenvalue weighted by molar-refractivity contribution is 5.63. The lowest BCUT2D eigenvalue weighted by Crippen LogP contribution is -2.44. The number of nitrogens with one attached hydrogen (secondary N) is 2. The van der Waals surface area contributed by atoms with E-state index in [1.165, 1.54) is 0 Å². The average molecular weight is 316 g/mol. The second kappa shape index (κ2) is 7.59. The van der Waals surface area contributed by atoms with Gasteiger partial charge in [-0.3, -0.25) is 5.10 Å². The molecule has 1 saturated heterocycles. The second-order valence-corrected chi connectivity index (χ2v) is 5.88. The first kappa shape index (κ1) is 16.0. The maximum atomic E-state index is 5.77. The molecule has 0 spiro atoms. The first-order chi connectivity index (χ1) is 11.3. The van der Waals surface area contributed by atoms with E-state index in [4.69, 9.17) is 9.47 Å². The molecule has 3 rings (SSSR count). The maximum Gasteiger partial charge on any atom is 0.118 e. The van der Waals surface area contributed by atoms with Crippen molar-refractivity contribution in [2.75, 3.05) is 40.4 Å². The fourth-order valence-electron chi connectivity index (χ4n) is 2.81. The van der Waals surface area contributed by atoms with Gasteiger partial charge < -0.3 is 19.7 Å². The van der Waals surface area contributed by atoms with Crippen LogP contribution < -0.4 is 10.1 Å². The molecule has 2 N–H and O–H groups in total. The summed E-state index contributed by atoms with van der Waals surface area (Å²) in [6.07, 6.45) is 2.13. The van der Waals surface area contributed by atoms with Gasteiger partial charge in [-0.05, 0) is 31.3 Å². The molecule has 6 nitrogen and oxygen atoms in total. The number of benzene rings is 1. The molecule has 6 heteroatoms. The minimum atomic E-state index is 0.255. The SMILES string of the molecule is COc1ccc(-c2[nH]ncc2CNC[C@H]2CN(C)CCO2)cc1. The van der Waals surface area contributed by atoms with Gasteiger partial charge in [-0.1, -0.05) is 0 Å². The molecule has 124 valence electrons. The van der Waals surface area contributed by atoms with Gasteiger partial charge in [0.1, 0.15) is 5.75 Å². The zero-order valence-electron chi connectivity index (χ0n) is 13.7. The van der Waals surface area contributed by atoms with Crippen LogP contribution in [-0.4, -0.2) is 61.6 Å². The van der Waals surface area contributed by atoms with E-state index in [0.29, 0.717) is 0 Å². The lowest BCUT2D eigenvalue weighted by molar-refractivity contribution is -0.0182. The average Bonchev–Trinajstić information content (AvgIpc) is 3.03. The summed E-state index contributed by atoms with van der Waals surface area (Å²) in [7, 11) is 3.80. The molecule has 1 aliphatic heterocycles. The minimum absolute atomic E-state index is 0.255. The van der Waals surface area contributed by atoms with Crippen LogP contribution in [0.1, 0.15) is 5.56 Å². The Hall–Kier alpha value is -1.89. The molecule has 0 radical (unpaired) electrons. The fraction of sp³-hybridized carbons (Fsp3) is 0.471. The van der Waals surface area contributed by atoms with Crippen molar-refractivity contribution in [3.63, 3.8) is 0 Å². The third-order valence-corrected chi connectivity index (χ3v) is 4.13. The first-order valence-electron chi connectivity index (χ1n) is 7.94. The van der Waals surface area contributed by atoms with E-state index < -0.39 is 0 Å². The van der Waals surface area contributed by atoms with Crippen LogP contribution >= 0.6 is 0 Å². The number of hydrogen-bond donors (Lipinski definition) is 2. The maximum absolute atomic E-state index is 5.77. The van der Waals surface area contributed by atoms with Crippen LogP contribution in [0.5, 0.6) is 5.75 Å². The summed E-state index contributed by atoms with van der Waals surface area (Å²) < 4.78 is 11.0. The van der Waals surface area contributed by atoms with Crippen molar-refractivity contribution < 1.29 is 9.47 Å². The Balaban J connectivity index is 1.57. The number of H-pyrrole nitrogens is 1. The molecule has 0 unspecified atom stereocenters. The van der Waals surface area contributed by atoms with Crippen LogP contribution in [0.3, 0.4) is 0 Å². The summed E-state index contributed by atoms with van der Waals surface area (Å²) in [5.41, 5.74) is 3.30. The van der Waals surface area contributed by atoms with Crippen molar-refractivity contribution in [1.29, 1.82) is 0 Å². The molecular formula is C17H24N4O2. The molecule has 0 amide bonds. The molecule has 0 saturated carbocycles. The summed E-state index contributed by atoms with van der Waals surface area (Å²) in [5.74, 6) is 0.853. The van der Waals surface area contributed by atoms with Gasteiger partial charge in [-0.25, -0.2) is 0 Å². The molecule has 1 aromatic heterocycles. The van der Waals surface area contributed by atoms with Crippen molar-refractivity contribution in [3.05, 3.63) is 36.0 Å². The van der Waals surface area contributed by atoms with Gasteiger partial charge in [0.25, 0.3) is 0 Å². The Morgan fingerprint density at radius 1 is 1.39 bits per heavy atom. The fourth-order valence-corrected chi connectivity index (χ4v) is 2.81. The number of morpholine rings is 1. The Bertz CT molecular complexity index is 611. The minimum Gasteiger partial charge on any atom is -0.497 e. The van der Waals surface area contributed by atoms with Gasteiger partial charge >= 0.3 is 0 Å². The number of rotatable bonds is 6. The highest BCUT2D eigenvalue weighted by Crippen LogP contribution is 2.23. The first-order valence-corrected chi connectivity index (χ1v) is 7.94. The van der Waals surface area contributed by atoms with Crippen LogP contribution in [0.25, 0.3) is 11.3 Å². The highest BCUT2D eigenvalue weighted by Gasteiger charge is 2.17. The van der Waals surface area contributed by atoms with E-state index >= 15 is 0 Å². The Labute approximate surface area is 136 Å². The lowest BCUT2D eigenvalue weighted by Gasteiger charge is -2.30. The van der Waals surface area contributed by atoms with Gasteiger partial charge in [0, 0.05) is 37.3 Å². The summed E-state index contributed by atoms with van der Waals surface area (Å²) in [6.45, 7) is 4.41. The van der Waals surface area contributed by atoms with Gasteiger partial charge in [-0.15, -0.1) is 0 Å². The van der Waals surface area contributed by atoms with E-state index in [2.05, 4.69) is 27.5 Å². The van der Waals surface area contributed by atoms with Gasteiger partial charge in [0.15, 0.2) is 0 Å². The van der Waals surface area contributed by atoms with Crippen LogP contribution in [0, 0.1) is 0 Å². The van der Waals surface area contributed by atoms with Crippen molar-refractivity contribution in [1.82, 2.24) is 20.4 Å². The smallest absolute Gasteiger partial charge is 0.118 e. The zero-order chi connectivity index (χ0) is 16.1. The van der Waals surface area contributed by atoms with Crippen molar-refractivity contribution in [2.45, 2.75) is 12.6 Å². The third-order valence-electron chi connectivity index (χ3n) is 4.13. The van der Waals surface area contributed by atoms with Crippen molar-refractivity contribution in [2.24, 2.45) is 0 Å². The van der Waals surface area contributed by atoms with Gasteiger partial charge in [0.2, 0.25) is 0 Å². The molecule has 0 aliphatic carbocycles. The van der Waals surface area contributed by atoms with E-state index in [9.17, 15) is 0 Å². The number of aromatic amines is 1. The van der Waals surface area contributed by atoms with Crippen LogP contribution in [0.2, 0.25) is 0 Å². The predicted molar refractivity (Wildman–Crippen MR) is 89.5 cm³/mol. The number of ether oxygens (including phenoxy) is 2. The standard InChI is InChI=1S/C17H24N4O2/c1-21-7-8-23-16(12-21)11-18-9-14-10-19-20-17(14)13-3-5-15(22-2)6-4-13/h3-6,10,16,18H,7-9,11-12H2,1-2H3,(H,19,20)/t16-/m0/s1. The van der Waals surface area contributed by atoms with E-state index in [-0.39, 0.29) is 6.10 Å². The van der Waals surface area contributed by atoms with E-state index in [0.717, 1.165) is 55.4 Å². The summed E-state index contributed by atoms with van der Waals surface area (Å²) >= 11 is 0. The second-order valence-electron chi connectivity index (χ2n) is 5.88.